The first kappa shape index (κ1) is 38.0. The molecule has 0 aliphatic rings. The molecule has 0 aromatic carbocycles. The van der Waals surface area contributed by atoms with Gasteiger partial charge in [-0.1, -0.05) is 233 Å². The molecule has 0 aromatic heterocycles. The average Bonchev–Trinajstić information content (AvgIpc) is 2.91. The average molecular weight is 535 g/mol. The van der Waals surface area contributed by atoms with Gasteiger partial charge < -0.3 is 0 Å². The van der Waals surface area contributed by atoms with Gasteiger partial charge in [-0.3, -0.25) is 0 Å². The van der Waals surface area contributed by atoms with Gasteiger partial charge in [0.15, 0.2) is 0 Å². The maximum absolute atomic E-state index is 2.51. The summed E-state index contributed by atoms with van der Waals surface area (Å²) < 4.78 is 0. The second-order valence-corrected chi connectivity index (χ2v) is 13.6. The van der Waals surface area contributed by atoms with Crippen LogP contribution in [0.4, 0.5) is 0 Å². The molecule has 0 N–H and O–H groups in total. The molecule has 2 atom stereocenters. The lowest BCUT2D eigenvalue weighted by Gasteiger charge is -2.14. The Morgan fingerprint density at radius 1 is 0.237 bits per heavy atom. The van der Waals surface area contributed by atoms with Crippen molar-refractivity contribution in [2.24, 2.45) is 11.8 Å². The summed E-state index contributed by atoms with van der Waals surface area (Å²) >= 11 is 0. The Morgan fingerprint density at radius 2 is 0.421 bits per heavy atom. The van der Waals surface area contributed by atoms with E-state index in [2.05, 4.69) is 27.7 Å². The molecule has 2 unspecified atom stereocenters. The van der Waals surface area contributed by atoms with Crippen LogP contribution in [0.2, 0.25) is 0 Å². The van der Waals surface area contributed by atoms with Crippen LogP contribution in [0.1, 0.15) is 233 Å². The monoisotopic (exact) mass is 535 g/mol. The number of hydrogen-bond acceptors (Lipinski definition) is 0. The second kappa shape index (κ2) is 33.2. The third-order valence-electron chi connectivity index (χ3n) is 9.24. The van der Waals surface area contributed by atoms with E-state index in [-0.39, 0.29) is 0 Å². The van der Waals surface area contributed by atoms with Gasteiger partial charge in [-0.15, -0.1) is 0 Å². The van der Waals surface area contributed by atoms with Gasteiger partial charge in [0.25, 0.3) is 0 Å². The van der Waals surface area contributed by atoms with Gasteiger partial charge in [0.1, 0.15) is 0 Å². The van der Waals surface area contributed by atoms with Gasteiger partial charge >= 0.3 is 0 Å². The van der Waals surface area contributed by atoms with Crippen molar-refractivity contribution in [3.05, 3.63) is 0 Å². The summed E-state index contributed by atoms with van der Waals surface area (Å²) in [6.45, 7) is 9.64. The van der Waals surface area contributed by atoms with Crippen molar-refractivity contribution in [1.82, 2.24) is 0 Å². The lowest BCUT2D eigenvalue weighted by molar-refractivity contribution is 0.390. The summed E-state index contributed by atoms with van der Waals surface area (Å²) in [5.74, 6) is 1.91. The predicted octanol–water partition coefficient (Wildman–Crippen LogP) is 14.8. The topological polar surface area (TPSA) is 0 Å². The van der Waals surface area contributed by atoms with Gasteiger partial charge in [-0.25, -0.2) is 0 Å². The Labute approximate surface area is 244 Å². The minimum absolute atomic E-state index is 0.955. The van der Waals surface area contributed by atoms with E-state index < -0.39 is 0 Å². The normalized spacial score (nSPS) is 13.3. The standard InChI is InChI=1S/C38H78/c1-5-7-9-11-13-15-17-18-19-20-21-22-23-25-27-29-31-34-38(4)36-32-35-37(3)33-30-28-26-24-16-14-12-10-8-6-2/h37-38H,5-36H2,1-4H3. The maximum Gasteiger partial charge on any atom is -0.0443 e. The molecular formula is C38H78. The fourth-order valence-corrected chi connectivity index (χ4v) is 6.30. The van der Waals surface area contributed by atoms with Crippen molar-refractivity contribution in [3.63, 3.8) is 0 Å². The zero-order chi connectivity index (χ0) is 27.8. The maximum atomic E-state index is 2.51. The van der Waals surface area contributed by atoms with Crippen LogP contribution in [0, 0.1) is 11.8 Å². The van der Waals surface area contributed by atoms with E-state index in [0.717, 1.165) is 11.8 Å². The lowest BCUT2D eigenvalue weighted by Crippen LogP contribution is -1.99. The first-order valence-corrected chi connectivity index (χ1v) is 18.7. The van der Waals surface area contributed by atoms with Crippen molar-refractivity contribution in [1.29, 1.82) is 0 Å². The highest BCUT2D eigenvalue weighted by atomic mass is 14.1. The highest BCUT2D eigenvalue weighted by Crippen LogP contribution is 2.22. The zero-order valence-electron chi connectivity index (χ0n) is 27.8. The Hall–Kier alpha value is 0. The van der Waals surface area contributed by atoms with E-state index in [9.17, 15) is 0 Å². The first-order valence-electron chi connectivity index (χ1n) is 18.7. The smallest absolute Gasteiger partial charge is 0.0443 e. The van der Waals surface area contributed by atoms with Crippen LogP contribution < -0.4 is 0 Å². The van der Waals surface area contributed by atoms with Crippen LogP contribution in [-0.2, 0) is 0 Å². The molecule has 0 heteroatoms. The molecule has 38 heavy (non-hydrogen) atoms. The first-order chi connectivity index (χ1) is 18.7. The van der Waals surface area contributed by atoms with E-state index in [4.69, 9.17) is 0 Å². The minimum Gasteiger partial charge on any atom is -0.0654 e. The highest BCUT2D eigenvalue weighted by molar-refractivity contribution is 4.60. The fourth-order valence-electron chi connectivity index (χ4n) is 6.30. The van der Waals surface area contributed by atoms with Crippen molar-refractivity contribution < 1.29 is 0 Å². The van der Waals surface area contributed by atoms with Crippen LogP contribution >= 0.6 is 0 Å². The van der Waals surface area contributed by atoms with Crippen molar-refractivity contribution >= 4 is 0 Å². The molecule has 0 aliphatic carbocycles. The highest BCUT2D eigenvalue weighted by Gasteiger charge is 2.06. The molecule has 0 amide bonds. The Bertz CT molecular complexity index is 399. The predicted molar refractivity (Wildman–Crippen MR) is 177 cm³/mol. The molecule has 230 valence electrons. The Morgan fingerprint density at radius 3 is 0.658 bits per heavy atom. The van der Waals surface area contributed by atoms with Crippen molar-refractivity contribution in [2.75, 3.05) is 0 Å². The van der Waals surface area contributed by atoms with Crippen molar-refractivity contribution in [3.8, 4) is 0 Å². The van der Waals surface area contributed by atoms with Crippen molar-refractivity contribution in [2.45, 2.75) is 233 Å². The summed E-state index contributed by atoms with van der Waals surface area (Å²) in [4.78, 5) is 0. The largest absolute Gasteiger partial charge is 0.0654 e. The quantitative estimate of drug-likeness (QED) is 0.0734. The van der Waals surface area contributed by atoms with Gasteiger partial charge in [0.2, 0.25) is 0 Å². The fraction of sp³-hybridized carbons (Fsp3) is 1.00. The molecule has 0 bridgehead atoms. The lowest BCUT2D eigenvalue weighted by atomic mass is 9.92. The summed E-state index contributed by atoms with van der Waals surface area (Å²) in [5.41, 5.74) is 0. The summed E-state index contributed by atoms with van der Waals surface area (Å²) in [6.07, 6.45) is 47.1. The third kappa shape index (κ3) is 32.2. The summed E-state index contributed by atoms with van der Waals surface area (Å²) in [5, 5.41) is 0. The van der Waals surface area contributed by atoms with Gasteiger partial charge in [0, 0.05) is 0 Å². The van der Waals surface area contributed by atoms with E-state index in [1.165, 1.54) is 205 Å². The number of hydrogen-bond donors (Lipinski definition) is 0. The molecule has 0 aromatic rings. The summed E-state index contributed by atoms with van der Waals surface area (Å²) in [7, 11) is 0. The third-order valence-corrected chi connectivity index (χ3v) is 9.24. The second-order valence-electron chi connectivity index (χ2n) is 13.6. The molecule has 0 aliphatic heterocycles. The molecule has 0 spiro atoms. The van der Waals surface area contributed by atoms with Crippen LogP contribution in [0.3, 0.4) is 0 Å². The SMILES string of the molecule is CCCCCCCCCCCCCCCCCCCC(C)CCCC(C)CCCCCCCCCCCC. The molecule has 0 fully saturated rings. The Balaban J connectivity index is 3.24. The number of rotatable bonds is 33. The van der Waals surface area contributed by atoms with Gasteiger partial charge in [0.05, 0.1) is 0 Å². The summed E-state index contributed by atoms with van der Waals surface area (Å²) in [6, 6.07) is 0. The van der Waals surface area contributed by atoms with E-state index in [0.29, 0.717) is 0 Å². The zero-order valence-corrected chi connectivity index (χ0v) is 27.8. The minimum atomic E-state index is 0.955. The van der Waals surface area contributed by atoms with Crippen LogP contribution in [0.25, 0.3) is 0 Å². The molecule has 0 heterocycles. The molecule has 0 nitrogen and oxygen atoms in total. The van der Waals surface area contributed by atoms with Crippen LogP contribution in [0.15, 0.2) is 0 Å². The molecule has 0 saturated carbocycles. The Kier molecular flexibility index (Phi) is 33.2. The molecule has 0 saturated heterocycles. The van der Waals surface area contributed by atoms with Crippen LogP contribution in [0.5, 0.6) is 0 Å². The van der Waals surface area contributed by atoms with E-state index >= 15 is 0 Å². The van der Waals surface area contributed by atoms with Gasteiger partial charge in [-0.05, 0) is 11.8 Å². The number of unbranched alkanes of at least 4 members (excludes halogenated alkanes) is 25. The molecule has 0 rings (SSSR count). The molecule has 0 radical (unpaired) electrons. The molecular weight excluding hydrogens is 456 g/mol. The van der Waals surface area contributed by atoms with Crippen LogP contribution in [-0.4, -0.2) is 0 Å². The van der Waals surface area contributed by atoms with Gasteiger partial charge in [-0.2, -0.15) is 0 Å². The van der Waals surface area contributed by atoms with E-state index in [1.807, 2.05) is 0 Å². The van der Waals surface area contributed by atoms with E-state index in [1.54, 1.807) is 0 Å².